The molecule has 31 heavy (non-hydrogen) atoms. The van der Waals surface area contributed by atoms with Crippen molar-refractivity contribution in [2.24, 2.45) is 0 Å². The standard InChI is InChI=1S/C27H42NO2P/c1-18(2)28(19(3)4)16-22-13-11-12-21(6)26(22)31-24-15-20(5)14-23(27(7,8)9)25(24)30-17-29-10/h11-15,18-19,31H,16-17H2,1-10H3. The fraction of sp³-hybridized carbons (Fsp3) is 0.556. The second kappa shape index (κ2) is 10.9. The van der Waals surface area contributed by atoms with Gasteiger partial charge in [0.1, 0.15) is 5.75 Å². The highest BCUT2D eigenvalue weighted by molar-refractivity contribution is 7.56. The first-order chi connectivity index (χ1) is 14.5. The van der Waals surface area contributed by atoms with Gasteiger partial charge in [-0.25, -0.2) is 0 Å². The molecule has 0 N–H and O–H groups in total. The number of ether oxygens (including phenoxy) is 2. The molecule has 0 aliphatic rings. The molecule has 0 spiro atoms. The molecule has 0 radical (unpaired) electrons. The van der Waals surface area contributed by atoms with Gasteiger partial charge in [0.25, 0.3) is 0 Å². The molecule has 0 bridgehead atoms. The molecule has 3 nitrogen and oxygen atoms in total. The Morgan fingerprint density at radius 2 is 1.65 bits per heavy atom. The van der Waals surface area contributed by atoms with Crippen LogP contribution in [0, 0.1) is 13.8 Å². The van der Waals surface area contributed by atoms with Crippen LogP contribution in [-0.4, -0.2) is 30.9 Å². The van der Waals surface area contributed by atoms with E-state index in [0.29, 0.717) is 20.7 Å². The van der Waals surface area contributed by atoms with Crippen LogP contribution in [-0.2, 0) is 16.7 Å². The van der Waals surface area contributed by atoms with Crippen LogP contribution < -0.4 is 15.3 Å². The van der Waals surface area contributed by atoms with Crippen molar-refractivity contribution in [1.29, 1.82) is 0 Å². The van der Waals surface area contributed by atoms with Crippen molar-refractivity contribution < 1.29 is 9.47 Å². The SMILES string of the molecule is COCOc1c(Pc2c(C)cccc2CN(C(C)C)C(C)C)cc(C)cc1C(C)(C)C. The van der Waals surface area contributed by atoms with Crippen molar-refractivity contribution in [2.75, 3.05) is 13.9 Å². The normalized spacial score (nSPS) is 12.7. The first kappa shape index (κ1) is 25.8. The molecule has 0 saturated heterocycles. The minimum absolute atomic E-state index is 0.00499. The molecule has 0 fully saturated rings. The Labute approximate surface area is 192 Å². The van der Waals surface area contributed by atoms with Gasteiger partial charge < -0.3 is 9.47 Å². The maximum Gasteiger partial charge on any atom is 0.188 e. The quantitative estimate of drug-likeness (QED) is 0.359. The molecule has 1 atom stereocenters. The first-order valence-corrected chi connectivity index (χ1v) is 12.3. The van der Waals surface area contributed by atoms with Crippen molar-refractivity contribution >= 4 is 19.2 Å². The van der Waals surface area contributed by atoms with E-state index in [0.717, 1.165) is 12.3 Å². The van der Waals surface area contributed by atoms with Crippen molar-refractivity contribution in [3.05, 3.63) is 52.6 Å². The number of benzene rings is 2. The summed E-state index contributed by atoms with van der Waals surface area (Å²) in [6.45, 7) is 21.5. The maximum absolute atomic E-state index is 6.18. The Balaban J connectivity index is 2.57. The Bertz CT molecular complexity index is 860. The second-order valence-electron chi connectivity index (χ2n) is 10.1. The lowest BCUT2D eigenvalue weighted by molar-refractivity contribution is 0.0506. The van der Waals surface area contributed by atoms with E-state index in [1.54, 1.807) is 7.11 Å². The number of nitrogens with zero attached hydrogens (tertiary/aromatic N) is 1. The molecule has 2 aromatic rings. The molecule has 0 aromatic heterocycles. The molecule has 2 aromatic carbocycles. The van der Waals surface area contributed by atoms with E-state index in [1.807, 2.05) is 0 Å². The van der Waals surface area contributed by atoms with Crippen LogP contribution >= 0.6 is 8.58 Å². The molecule has 0 aliphatic heterocycles. The van der Waals surface area contributed by atoms with E-state index >= 15 is 0 Å². The highest BCUT2D eigenvalue weighted by Crippen LogP contribution is 2.35. The number of hydrogen-bond acceptors (Lipinski definition) is 3. The van der Waals surface area contributed by atoms with Crippen molar-refractivity contribution in [3.63, 3.8) is 0 Å². The Morgan fingerprint density at radius 3 is 2.19 bits per heavy atom. The third-order valence-electron chi connectivity index (χ3n) is 5.66. The number of rotatable bonds is 9. The largest absolute Gasteiger partial charge is 0.467 e. The predicted octanol–water partition coefficient (Wildman–Crippen LogP) is 5.83. The van der Waals surface area contributed by atoms with Crippen LogP contribution in [0.5, 0.6) is 5.75 Å². The number of aryl methyl sites for hydroxylation is 2. The molecule has 4 heteroatoms. The van der Waals surface area contributed by atoms with E-state index in [4.69, 9.17) is 9.47 Å². The number of hydrogen-bond donors (Lipinski definition) is 0. The van der Waals surface area contributed by atoms with E-state index in [-0.39, 0.29) is 12.2 Å². The predicted molar refractivity (Wildman–Crippen MR) is 137 cm³/mol. The van der Waals surface area contributed by atoms with Gasteiger partial charge in [0, 0.05) is 36.6 Å². The lowest BCUT2D eigenvalue weighted by Crippen LogP contribution is -2.37. The van der Waals surface area contributed by atoms with Gasteiger partial charge in [-0.05, 0) is 75.0 Å². The van der Waals surface area contributed by atoms with Gasteiger partial charge in [-0.3, -0.25) is 4.90 Å². The maximum atomic E-state index is 6.18. The minimum Gasteiger partial charge on any atom is -0.467 e. The first-order valence-electron chi connectivity index (χ1n) is 11.3. The summed E-state index contributed by atoms with van der Waals surface area (Å²) >= 11 is 0. The van der Waals surface area contributed by atoms with Gasteiger partial charge in [0.05, 0.1) is 0 Å². The second-order valence-corrected chi connectivity index (χ2v) is 11.4. The summed E-state index contributed by atoms with van der Waals surface area (Å²) in [4.78, 5) is 2.56. The molecule has 0 saturated carbocycles. The summed E-state index contributed by atoms with van der Waals surface area (Å²) in [6.07, 6.45) is 0. The van der Waals surface area contributed by atoms with Crippen molar-refractivity contribution in [1.82, 2.24) is 4.90 Å². The van der Waals surface area contributed by atoms with E-state index < -0.39 is 0 Å². The minimum atomic E-state index is -0.00499. The third-order valence-corrected chi connectivity index (χ3v) is 7.27. The fourth-order valence-electron chi connectivity index (χ4n) is 4.03. The lowest BCUT2D eigenvalue weighted by atomic mass is 9.85. The number of methoxy groups -OCH3 is 1. The van der Waals surface area contributed by atoms with Gasteiger partial charge in [0.2, 0.25) is 0 Å². The van der Waals surface area contributed by atoms with Gasteiger partial charge in [0.15, 0.2) is 6.79 Å². The Hall–Kier alpha value is -1.41. The summed E-state index contributed by atoms with van der Waals surface area (Å²) in [5.74, 6) is 0.983. The zero-order chi connectivity index (χ0) is 23.3. The molecule has 0 amide bonds. The molecule has 0 heterocycles. The summed E-state index contributed by atoms with van der Waals surface area (Å²) in [5.41, 5.74) is 5.28. The van der Waals surface area contributed by atoms with Crippen LogP contribution in [0.15, 0.2) is 30.3 Å². The zero-order valence-corrected chi connectivity index (χ0v) is 22.2. The van der Waals surface area contributed by atoms with Gasteiger partial charge in [-0.2, -0.15) is 0 Å². The van der Waals surface area contributed by atoms with Crippen LogP contribution in [0.1, 0.15) is 70.7 Å². The van der Waals surface area contributed by atoms with Crippen molar-refractivity contribution in [3.8, 4) is 5.75 Å². The van der Waals surface area contributed by atoms with E-state index in [1.165, 1.54) is 32.9 Å². The molecule has 1 unspecified atom stereocenters. The van der Waals surface area contributed by atoms with Crippen LogP contribution in [0.25, 0.3) is 0 Å². The lowest BCUT2D eigenvalue weighted by Gasteiger charge is -2.32. The van der Waals surface area contributed by atoms with Crippen LogP contribution in [0.3, 0.4) is 0 Å². The Morgan fingerprint density at radius 1 is 1.00 bits per heavy atom. The summed E-state index contributed by atoms with van der Waals surface area (Å²) in [7, 11) is 2.22. The summed E-state index contributed by atoms with van der Waals surface area (Å²) in [6, 6.07) is 12.3. The fourth-order valence-corrected chi connectivity index (χ4v) is 5.52. The molecular weight excluding hydrogens is 401 g/mol. The monoisotopic (exact) mass is 443 g/mol. The molecule has 2 rings (SSSR count). The summed E-state index contributed by atoms with van der Waals surface area (Å²) < 4.78 is 11.5. The summed E-state index contributed by atoms with van der Waals surface area (Å²) in [5, 5.41) is 2.69. The van der Waals surface area contributed by atoms with E-state index in [2.05, 4.69) is 97.5 Å². The molecule has 172 valence electrons. The van der Waals surface area contributed by atoms with Crippen LogP contribution in [0.4, 0.5) is 0 Å². The molecular formula is C27H42NO2P. The average Bonchev–Trinajstić information content (AvgIpc) is 2.65. The topological polar surface area (TPSA) is 21.7 Å². The van der Waals surface area contributed by atoms with Gasteiger partial charge in [-0.15, -0.1) is 0 Å². The highest BCUT2D eigenvalue weighted by Gasteiger charge is 2.24. The van der Waals surface area contributed by atoms with Gasteiger partial charge >= 0.3 is 0 Å². The third kappa shape index (κ3) is 6.78. The Kier molecular flexibility index (Phi) is 9.13. The van der Waals surface area contributed by atoms with E-state index in [9.17, 15) is 0 Å². The average molecular weight is 444 g/mol. The zero-order valence-electron chi connectivity index (χ0n) is 21.2. The van der Waals surface area contributed by atoms with Gasteiger partial charge in [-0.1, -0.05) is 53.6 Å². The highest BCUT2D eigenvalue weighted by atomic mass is 31.1. The smallest absolute Gasteiger partial charge is 0.188 e. The van der Waals surface area contributed by atoms with Crippen molar-refractivity contribution in [2.45, 2.75) is 86.4 Å². The molecule has 0 aliphatic carbocycles. The van der Waals surface area contributed by atoms with Crippen LogP contribution in [0.2, 0.25) is 0 Å².